The number of rotatable bonds is 3. The standard InChI is InChI=1S/C10H11FO2/c11-9-4-3-8(5-10(9)12)13-6-7-1-2-7/h3-5,7,12H,1-2,6H2. The second-order valence-corrected chi connectivity index (χ2v) is 3.37. The SMILES string of the molecule is Oc1cc(OCC2CC2)ccc1F. The van der Waals surface area contributed by atoms with E-state index in [1.54, 1.807) is 0 Å². The number of aromatic hydroxyl groups is 1. The van der Waals surface area contributed by atoms with E-state index in [9.17, 15) is 4.39 Å². The molecule has 1 aromatic rings. The van der Waals surface area contributed by atoms with Crippen molar-refractivity contribution < 1.29 is 14.2 Å². The molecule has 1 saturated carbocycles. The normalized spacial score (nSPS) is 15.8. The molecule has 1 aliphatic rings. The summed E-state index contributed by atoms with van der Waals surface area (Å²) in [5.74, 6) is 0.227. The van der Waals surface area contributed by atoms with E-state index in [1.165, 1.54) is 31.0 Å². The Morgan fingerprint density at radius 1 is 1.46 bits per heavy atom. The van der Waals surface area contributed by atoms with Crippen LogP contribution >= 0.6 is 0 Å². The van der Waals surface area contributed by atoms with Gasteiger partial charge in [0.25, 0.3) is 0 Å². The van der Waals surface area contributed by atoms with Gasteiger partial charge in [-0.25, -0.2) is 4.39 Å². The first-order valence-electron chi connectivity index (χ1n) is 4.37. The molecule has 0 aliphatic heterocycles. The predicted molar refractivity (Wildman–Crippen MR) is 46.3 cm³/mol. The van der Waals surface area contributed by atoms with Gasteiger partial charge in [0, 0.05) is 6.07 Å². The number of halogens is 1. The summed E-state index contributed by atoms with van der Waals surface area (Å²) >= 11 is 0. The quantitative estimate of drug-likeness (QED) is 0.777. The highest BCUT2D eigenvalue weighted by Gasteiger charge is 2.21. The second kappa shape index (κ2) is 3.24. The van der Waals surface area contributed by atoms with E-state index in [0.29, 0.717) is 18.3 Å². The molecule has 1 aliphatic carbocycles. The smallest absolute Gasteiger partial charge is 0.165 e. The van der Waals surface area contributed by atoms with Crippen molar-refractivity contribution in [1.82, 2.24) is 0 Å². The largest absolute Gasteiger partial charge is 0.505 e. The van der Waals surface area contributed by atoms with Crippen LogP contribution in [0.5, 0.6) is 11.5 Å². The van der Waals surface area contributed by atoms with Crippen LogP contribution in [0.2, 0.25) is 0 Å². The van der Waals surface area contributed by atoms with Crippen LogP contribution in [-0.2, 0) is 0 Å². The first-order chi connectivity index (χ1) is 6.25. The monoisotopic (exact) mass is 182 g/mol. The van der Waals surface area contributed by atoms with Crippen LogP contribution in [0.4, 0.5) is 4.39 Å². The lowest BCUT2D eigenvalue weighted by atomic mass is 10.3. The van der Waals surface area contributed by atoms with Crippen molar-refractivity contribution in [2.45, 2.75) is 12.8 Å². The molecule has 0 saturated heterocycles. The fourth-order valence-corrected chi connectivity index (χ4v) is 1.08. The summed E-state index contributed by atoms with van der Waals surface area (Å²) in [6.45, 7) is 0.672. The lowest BCUT2D eigenvalue weighted by molar-refractivity contribution is 0.297. The molecule has 0 bridgehead atoms. The van der Waals surface area contributed by atoms with E-state index in [1.807, 2.05) is 0 Å². The van der Waals surface area contributed by atoms with E-state index in [0.717, 1.165) is 0 Å². The van der Waals surface area contributed by atoms with Gasteiger partial charge in [-0.3, -0.25) is 0 Å². The Kier molecular flexibility index (Phi) is 2.08. The Bertz CT molecular complexity index is 308. The average Bonchev–Trinajstić information content (AvgIpc) is 2.91. The fraction of sp³-hybridized carbons (Fsp3) is 0.400. The van der Waals surface area contributed by atoms with Crippen molar-refractivity contribution in [3.63, 3.8) is 0 Å². The highest BCUT2D eigenvalue weighted by atomic mass is 19.1. The first kappa shape index (κ1) is 8.35. The summed E-state index contributed by atoms with van der Waals surface area (Å²) in [6, 6.07) is 4.03. The first-order valence-corrected chi connectivity index (χ1v) is 4.37. The number of hydrogen-bond donors (Lipinski definition) is 1. The van der Waals surface area contributed by atoms with Crippen LogP contribution in [0.3, 0.4) is 0 Å². The maximum atomic E-state index is 12.6. The maximum Gasteiger partial charge on any atom is 0.165 e. The molecule has 1 N–H and O–H groups in total. The molecule has 0 unspecified atom stereocenters. The average molecular weight is 182 g/mol. The van der Waals surface area contributed by atoms with Crippen molar-refractivity contribution >= 4 is 0 Å². The van der Waals surface area contributed by atoms with E-state index < -0.39 is 5.82 Å². The van der Waals surface area contributed by atoms with E-state index >= 15 is 0 Å². The van der Waals surface area contributed by atoms with Crippen molar-refractivity contribution in [1.29, 1.82) is 0 Å². The second-order valence-electron chi connectivity index (χ2n) is 3.37. The maximum absolute atomic E-state index is 12.6. The molecule has 0 heterocycles. The van der Waals surface area contributed by atoms with Crippen LogP contribution in [0.15, 0.2) is 18.2 Å². The molecule has 2 rings (SSSR count). The Morgan fingerprint density at radius 2 is 2.23 bits per heavy atom. The Balaban J connectivity index is 1.98. The molecule has 0 aromatic heterocycles. The molecule has 13 heavy (non-hydrogen) atoms. The summed E-state index contributed by atoms with van der Waals surface area (Å²) in [4.78, 5) is 0. The fourth-order valence-electron chi connectivity index (χ4n) is 1.08. The number of benzene rings is 1. The topological polar surface area (TPSA) is 29.5 Å². The van der Waals surface area contributed by atoms with Gasteiger partial charge in [-0.05, 0) is 30.9 Å². The summed E-state index contributed by atoms with van der Waals surface area (Å²) in [5.41, 5.74) is 0. The number of phenolic OH excluding ortho intramolecular Hbond substituents is 1. The van der Waals surface area contributed by atoms with Crippen LogP contribution in [0.25, 0.3) is 0 Å². The minimum Gasteiger partial charge on any atom is -0.505 e. The van der Waals surface area contributed by atoms with Gasteiger partial charge >= 0.3 is 0 Å². The van der Waals surface area contributed by atoms with Gasteiger partial charge in [-0.15, -0.1) is 0 Å². The number of hydrogen-bond acceptors (Lipinski definition) is 2. The van der Waals surface area contributed by atoms with Crippen molar-refractivity contribution in [3.8, 4) is 11.5 Å². The van der Waals surface area contributed by atoms with E-state index in [2.05, 4.69) is 0 Å². The summed E-state index contributed by atoms with van der Waals surface area (Å²) in [7, 11) is 0. The van der Waals surface area contributed by atoms with Crippen LogP contribution in [0, 0.1) is 11.7 Å². The molecule has 0 amide bonds. The lowest BCUT2D eigenvalue weighted by Crippen LogP contribution is -1.98. The summed E-state index contributed by atoms with van der Waals surface area (Å²) in [6.07, 6.45) is 2.43. The van der Waals surface area contributed by atoms with Gasteiger partial charge in [0.05, 0.1) is 6.61 Å². The van der Waals surface area contributed by atoms with Gasteiger partial charge < -0.3 is 9.84 Å². The molecule has 0 radical (unpaired) electrons. The molecular weight excluding hydrogens is 171 g/mol. The summed E-state index contributed by atoms with van der Waals surface area (Å²) in [5, 5.41) is 9.03. The minimum absolute atomic E-state index is 0.353. The molecule has 1 aromatic carbocycles. The van der Waals surface area contributed by atoms with Gasteiger partial charge in [0.2, 0.25) is 0 Å². The zero-order valence-corrected chi connectivity index (χ0v) is 7.16. The lowest BCUT2D eigenvalue weighted by Gasteiger charge is -2.05. The third-order valence-corrected chi connectivity index (χ3v) is 2.10. The summed E-state index contributed by atoms with van der Waals surface area (Å²) < 4.78 is 17.9. The molecule has 2 nitrogen and oxygen atoms in total. The third kappa shape index (κ3) is 2.11. The number of phenols is 1. The van der Waals surface area contributed by atoms with Crippen molar-refractivity contribution in [2.75, 3.05) is 6.61 Å². The zero-order valence-electron chi connectivity index (χ0n) is 7.16. The van der Waals surface area contributed by atoms with Gasteiger partial charge in [0.15, 0.2) is 11.6 Å². The number of ether oxygens (including phenoxy) is 1. The van der Waals surface area contributed by atoms with E-state index in [4.69, 9.17) is 9.84 Å². The van der Waals surface area contributed by atoms with Crippen molar-refractivity contribution in [2.24, 2.45) is 5.92 Å². The van der Waals surface area contributed by atoms with E-state index in [-0.39, 0.29) is 5.75 Å². The Labute approximate surface area is 76.0 Å². The molecule has 70 valence electrons. The zero-order chi connectivity index (χ0) is 9.26. The molecule has 0 spiro atoms. The highest BCUT2D eigenvalue weighted by molar-refractivity contribution is 5.33. The molecule has 1 fully saturated rings. The molecule has 3 heteroatoms. The molecule has 0 atom stereocenters. The Morgan fingerprint density at radius 3 is 2.85 bits per heavy atom. The van der Waals surface area contributed by atoms with Gasteiger partial charge in [-0.2, -0.15) is 0 Å². The van der Waals surface area contributed by atoms with Crippen LogP contribution < -0.4 is 4.74 Å². The Hall–Kier alpha value is -1.25. The minimum atomic E-state index is -0.612. The van der Waals surface area contributed by atoms with Crippen LogP contribution in [-0.4, -0.2) is 11.7 Å². The predicted octanol–water partition coefficient (Wildman–Crippen LogP) is 2.32. The third-order valence-electron chi connectivity index (χ3n) is 2.10. The van der Waals surface area contributed by atoms with Crippen molar-refractivity contribution in [3.05, 3.63) is 24.0 Å². The highest BCUT2D eigenvalue weighted by Crippen LogP contribution is 2.30. The van der Waals surface area contributed by atoms with Gasteiger partial charge in [-0.1, -0.05) is 0 Å². The van der Waals surface area contributed by atoms with Gasteiger partial charge in [0.1, 0.15) is 5.75 Å². The molecular formula is C10H11FO2. The van der Waals surface area contributed by atoms with Crippen LogP contribution in [0.1, 0.15) is 12.8 Å².